The molecule has 7 heteroatoms. The van der Waals surface area contributed by atoms with E-state index in [1.165, 1.54) is 17.9 Å². The number of amides is 1. The van der Waals surface area contributed by atoms with Crippen LogP contribution in [0.25, 0.3) is 0 Å². The van der Waals surface area contributed by atoms with Gasteiger partial charge in [0.2, 0.25) is 0 Å². The van der Waals surface area contributed by atoms with Gasteiger partial charge in [0.25, 0.3) is 5.91 Å². The second-order valence-electron chi connectivity index (χ2n) is 6.56. The number of para-hydroxylation sites is 1. The Morgan fingerprint density at radius 1 is 1.19 bits per heavy atom. The number of hydrogen-bond donors (Lipinski definition) is 1. The summed E-state index contributed by atoms with van der Waals surface area (Å²) in [6.07, 6.45) is -0.367. The third-order valence-corrected chi connectivity index (χ3v) is 5.15. The maximum absolute atomic E-state index is 13.0. The first-order valence-electron chi connectivity index (χ1n) is 8.46. The van der Waals surface area contributed by atoms with E-state index >= 15 is 0 Å². The Morgan fingerprint density at radius 3 is 2.52 bits per heavy atom. The third kappa shape index (κ3) is 3.55. The van der Waals surface area contributed by atoms with Crippen molar-refractivity contribution in [2.75, 3.05) is 18.1 Å². The van der Waals surface area contributed by atoms with Gasteiger partial charge in [0.1, 0.15) is 18.1 Å². The summed E-state index contributed by atoms with van der Waals surface area (Å²) in [7, 11) is 0. The van der Waals surface area contributed by atoms with Crippen LogP contribution in [0.5, 0.6) is 5.75 Å². The lowest BCUT2D eigenvalue weighted by Crippen LogP contribution is -2.43. The van der Waals surface area contributed by atoms with Crippen molar-refractivity contribution in [3.05, 3.63) is 57.6 Å². The molecule has 142 valence electrons. The van der Waals surface area contributed by atoms with Gasteiger partial charge in [0, 0.05) is 17.0 Å². The standard InChI is InChI=1S/C20H19Cl2NO4/c1-12-5-3-4-6-16(12)27-10-9-23-18-15(22)8-7-14(21)17(18)20(26,19(23)25)11-13(2)24/h3-8,26H,9-11H2,1-2H3/t20-/m1/s1. The van der Waals surface area contributed by atoms with Crippen LogP contribution < -0.4 is 9.64 Å². The van der Waals surface area contributed by atoms with E-state index in [0.717, 1.165) is 5.56 Å². The lowest BCUT2D eigenvalue weighted by molar-refractivity contribution is -0.141. The van der Waals surface area contributed by atoms with Crippen molar-refractivity contribution in [3.63, 3.8) is 0 Å². The smallest absolute Gasteiger partial charge is 0.264 e. The molecule has 2 aromatic rings. The van der Waals surface area contributed by atoms with Gasteiger partial charge in [0.15, 0.2) is 5.60 Å². The van der Waals surface area contributed by atoms with Crippen molar-refractivity contribution < 1.29 is 19.4 Å². The van der Waals surface area contributed by atoms with Gasteiger partial charge in [-0.2, -0.15) is 0 Å². The van der Waals surface area contributed by atoms with Gasteiger partial charge in [-0.3, -0.25) is 9.59 Å². The number of anilines is 1. The third-order valence-electron chi connectivity index (χ3n) is 4.53. The summed E-state index contributed by atoms with van der Waals surface area (Å²) in [4.78, 5) is 26.0. The maximum atomic E-state index is 13.0. The first-order chi connectivity index (χ1) is 12.8. The SMILES string of the molecule is CC(=O)C[C@]1(O)C(=O)N(CCOc2ccccc2C)c2c(Cl)ccc(Cl)c21. The van der Waals surface area contributed by atoms with Crippen LogP contribution in [-0.4, -0.2) is 29.9 Å². The Bertz CT molecular complexity index is 915. The van der Waals surface area contributed by atoms with Gasteiger partial charge >= 0.3 is 0 Å². The number of aryl methyl sites for hydroxylation is 1. The number of hydrogen-bond acceptors (Lipinski definition) is 4. The van der Waals surface area contributed by atoms with E-state index in [0.29, 0.717) is 11.4 Å². The Kier molecular flexibility index (Phi) is 5.47. The molecular weight excluding hydrogens is 389 g/mol. The van der Waals surface area contributed by atoms with Gasteiger partial charge in [-0.05, 0) is 37.6 Å². The Hall–Kier alpha value is -2.08. The molecule has 0 radical (unpaired) electrons. The predicted octanol–water partition coefficient (Wildman–Crippen LogP) is 3.89. The molecule has 2 aromatic carbocycles. The fourth-order valence-corrected chi connectivity index (χ4v) is 3.90. The number of ketones is 1. The van der Waals surface area contributed by atoms with Gasteiger partial charge < -0.3 is 14.7 Å². The van der Waals surface area contributed by atoms with Crippen LogP contribution in [0, 0.1) is 6.92 Å². The van der Waals surface area contributed by atoms with Crippen LogP contribution in [0.15, 0.2) is 36.4 Å². The molecule has 27 heavy (non-hydrogen) atoms. The van der Waals surface area contributed by atoms with Crippen LogP contribution >= 0.6 is 23.2 Å². The minimum Gasteiger partial charge on any atom is -0.491 e. The van der Waals surface area contributed by atoms with Crippen molar-refractivity contribution in [2.24, 2.45) is 0 Å². The highest BCUT2D eigenvalue weighted by Gasteiger charge is 2.52. The van der Waals surface area contributed by atoms with Gasteiger partial charge in [-0.1, -0.05) is 41.4 Å². The molecule has 1 amide bonds. The molecule has 1 N–H and O–H groups in total. The van der Waals surface area contributed by atoms with E-state index in [9.17, 15) is 14.7 Å². The highest BCUT2D eigenvalue weighted by atomic mass is 35.5. The normalized spacial score (nSPS) is 18.6. The summed E-state index contributed by atoms with van der Waals surface area (Å²) >= 11 is 12.5. The topological polar surface area (TPSA) is 66.8 Å². The Labute approximate surface area is 167 Å². The number of carbonyl (C=O) groups excluding carboxylic acids is 2. The maximum Gasteiger partial charge on any atom is 0.264 e. The van der Waals surface area contributed by atoms with Crippen LogP contribution in [0.1, 0.15) is 24.5 Å². The number of rotatable bonds is 6. The molecule has 0 saturated carbocycles. The van der Waals surface area contributed by atoms with Gasteiger partial charge in [-0.15, -0.1) is 0 Å². The average molecular weight is 408 g/mol. The summed E-state index contributed by atoms with van der Waals surface area (Å²) in [5.41, 5.74) is -0.551. The summed E-state index contributed by atoms with van der Waals surface area (Å²) in [6, 6.07) is 10.6. The molecule has 0 fully saturated rings. The first-order valence-corrected chi connectivity index (χ1v) is 9.22. The molecular formula is C20H19Cl2NO4. The second kappa shape index (κ2) is 7.50. The number of benzene rings is 2. The molecule has 3 rings (SSSR count). The molecule has 0 unspecified atom stereocenters. The monoisotopic (exact) mass is 407 g/mol. The van der Waals surface area contributed by atoms with E-state index in [2.05, 4.69) is 0 Å². The number of Topliss-reactive ketones (excluding diaryl/α,β-unsaturated/α-hetero) is 1. The number of carbonyl (C=O) groups is 2. The summed E-state index contributed by atoms with van der Waals surface area (Å²) < 4.78 is 5.76. The summed E-state index contributed by atoms with van der Waals surface area (Å²) in [5.74, 6) is -0.248. The molecule has 0 saturated heterocycles. The van der Waals surface area contributed by atoms with E-state index in [1.807, 2.05) is 31.2 Å². The molecule has 0 spiro atoms. The van der Waals surface area contributed by atoms with Crippen LogP contribution in [-0.2, 0) is 15.2 Å². The predicted molar refractivity (Wildman–Crippen MR) is 105 cm³/mol. The number of aliphatic hydroxyl groups is 1. The molecule has 1 atom stereocenters. The highest BCUT2D eigenvalue weighted by Crippen LogP contribution is 2.49. The molecule has 0 aliphatic carbocycles. The van der Waals surface area contributed by atoms with Crippen molar-refractivity contribution in [3.8, 4) is 5.75 Å². The number of ether oxygens (including phenoxy) is 1. The lowest BCUT2D eigenvalue weighted by Gasteiger charge is -2.22. The molecule has 1 aliphatic heterocycles. The fraction of sp³-hybridized carbons (Fsp3) is 0.300. The molecule has 0 aromatic heterocycles. The van der Waals surface area contributed by atoms with Crippen LogP contribution in [0.4, 0.5) is 5.69 Å². The number of nitrogens with zero attached hydrogens (tertiary/aromatic N) is 1. The fourth-order valence-electron chi connectivity index (χ4n) is 3.33. The van der Waals surface area contributed by atoms with Crippen molar-refractivity contribution in [1.29, 1.82) is 0 Å². The molecule has 5 nitrogen and oxygen atoms in total. The van der Waals surface area contributed by atoms with Crippen LogP contribution in [0.3, 0.4) is 0 Å². The van der Waals surface area contributed by atoms with Crippen molar-refractivity contribution in [1.82, 2.24) is 0 Å². The zero-order valence-corrected chi connectivity index (χ0v) is 16.5. The minimum atomic E-state index is -2.02. The van der Waals surface area contributed by atoms with E-state index in [-0.39, 0.29) is 41.0 Å². The minimum absolute atomic E-state index is 0.153. The van der Waals surface area contributed by atoms with E-state index < -0.39 is 11.5 Å². The number of fused-ring (bicyclic) bond motifs is 1. The largest absolute Gasteiger partial charge is 0.491 e. The van der Waals surface area contributed by atoms with E-state index in [1.54, 1.807) is 6.07 Å². The summed E-state index contributed by atoms with van der Waals surface area (Å²) in [5, 5.41) is 11.5. The highest BCUT2D eigenvalue weighted by molar-refractivity contribution is 6.38. The zero-order chi connectivity index (χ0) is 19.8. The number of halogens is 2. The lowest BCUT2D eigenvalue weighted by atomic mass is 9.90. The van der Waals surface area contributed by atoms with Gasteiger partial charge in [-0.25, -0.2) is 0 Å². The Morgan fingerprint density at radius 2 is 1.85 bits per heavy atom. The van der Waals surface area contributed by atoms with Crippen molar-refractivity contribution >= 4 is 40.6 Å². The first kappa shape index (κ1) is 19.7. The van der Waals surface area contributed by atoms with Gasteiger partial charge in [0.05, 0.1) is 17.3 Å². The average Bonchev–Trinajstić information content (AvgIpc) is 2.82. The van der Waals surface area contributed by atoms with Crippen LogP contribution in [0.2, 0.25) is 10.0 Å². The molecule has 1 aliphatic rings. The van der Waals surface area contributed by atoms with Crippen molar-refractivity contribution in [2.45, 2.75) is 25.9 Å². The zero-order valence-electron chi connectivity index (χ0n) is 15.0. The molecule has 0 bridgehead atoms. The quantitative estimate of drug-likeness (QED) is 0.788. The second-order valence-corrected chi connectivity index (χ2v) is 7.38. The summed E-state index contributed by atoms with van der Waals surface area (Å²) in [6.45, 7) is 3.58. The Balaban J connectivity index is 1.91. The molecule has 1 heterocycles. The van der Waals surface area contributed by atoms with E-state index in [4.69, 9.17) is 27.9 Å².